The van der Waals surface area contributed by atoms with Crippen molar-refractivity contribution in [1.82, 2.24) is 14.1 Å². The molecule has 1 atom stereocenters. The van der Waals surface area contributed by atoms with Gasteiger partial charge < -0.3 is 4.90 Å². The molecule has 0 aromatic heterocycles. The highest BCUT2D eigenvalue weighted by Gasteiger charge is 2.39. The van der Waals surface area contributed by atoms with Gasteiger partial charge in [0.1, 0.15) is 6.04 Å². The van der Waals surface area contributed by atoms with Crippen LogP contribution in [0.4, 0.5) is 13.2 Å². The number of rotatable bonds is 4. The number of hydrogen-bond acceptors (Lipinski definition) is 4. The Bertz CT molecular complexity index is 804. The van der Waals surface area contributed by atoms with Gasteiger partial charge >= 0.3 is 6.18 Å². The number of sulfonamides is 1. The smallest absolute Gasteiger partial charge is 0.339 e. The lowest BCUT2D eigenvalue weighted by Gasteiger charge is -2.37. The van der Waals surface area contributed by atoms with E-state index in [1.807, 2.05) is 0 Å². The third kappa shape index (κ3) is 4.84. The maximum Gasteiger partial charge on any atom is 0.416 e. The lowest BCUT2D eigenvalue weighted by Crippen LogP contribution is -2.54. The first-order valence-corrected chi connectivity index (χ1v) is 11.0. The van der Waals surface area contributed by atoms with Gasteiger partial charge in [-0.1, -0.05) is 12.1 Å². The predicted octanol–water partition coefficient (Wildman–Crippen LogP) is 1.77. The zero-order valence-corrected chi connectivity index (χ0v) is 16.5. The first kappa shape index (κ1) is 21.1. The molecule has 2 aliphatic rings. The van der Waals surface area contributed by atoms with Gasteiger partial charge in [-0.05, 0) is 30.5 Å². The van der Waals surface area contributed by atoms with E-state index >= 15 is 0 Å². The van der Waals surface area contributed by atoms with Gasteiger partial charge in [-0.15, -0.1) is 0 Å². The maximum absolute atomic E-state index is 12.7. The minimum Gasteiger partial charge on any atom is -0.339 e. The summed E-state index contributed by atoms with van der Waals surface area (Å²) in [5.41, 5.74) is 0.116. The topological polar surface area (TPSA) is 60.9 Å². The van der Waals surface area contributed by atoms with Crippen molar-refractivity contribution in [1.29, 1.82) is 0 Å². The zero-order valence-electron chi connectivity index (χ0n) is 15.7. The lowest BCUT2D eigenvalue weighted by molar-refractivity contribution is -0.137. The van der Waals surface area contributed by atoms with Gasteiger partial charge in [-0.2, -0.15) is 17.5 Å². The van der Waals surface area contributed by atoms with Crippen molar-refractivity contribution < 1.29 is 26.4 Å². The summed E-state index contributed by atoms with van der Waals surface area (Å²) in [7, 11) is -3.41. The van der Waals surface area contributed by atoms with Crippen LogP contribution in [0.1, 0.15) is 24.0 Å². The Morgan fingerprint density at radius 1 is 1.07 bits per heavy atom. The second-order valence-corrected chi connectivity index (χ2v) is 9.26. The highest BCUT2D eigenvalue weighted by atomic mass is 32.2. The number of carbonyl (C=O) groups excluding carboxylic acids is 1. The fourth-order valence-corrected chi connectivity index (χ4v) is 4.90. The summed E-state index contributed by atoms with van der Waals surface area (Å²) in [6.07, 6.45) is -2.00. The van der Waals surface area contributed by atoms with Crippen molar-refractivity contribution in [2.45, 2.75) is 31.6 Å². The molecule has 1 unspecified atom stereocenters. The van der Waals surface area contributed by atoms with E-state index in [2.05, 4.69) is 4.90 Å². The summed E-state index contributed by atoms with van der Waals surface area (Å²) < 4.78 is 62.9. The first-order valence-electron chi connectivity index (χ1n) is 9.20. The van der Waals surface area contributed by atoms with Gasteiger partial charge in [0.05, 0.1) is 11.8 Å². The van der Waals surface area contributed by atoms with Crippen molar-refractivity contribution in [2.24, 2.45) is 0 Å². The summed E-state index contributed by atoms with van der Waals surface area (Å²) in [4.78, 5) is 16.5. The number of benzene rings is 1. The molecule has 0 radical (unpaired) electrons. The quantitative estimate of drug-likeness (QED) is 0.747. The average molecular weight is 419 g/mol. The normalized spacial score (nSPS) is 22.6. The number of piperazine rings is 1. The van der Waals surface area contributed by atoms with Gasteiger partial charge in [0, 0.05) is 39.3 Å². The standard InChI is InChI=1S/C18H24F3N3O3S/c1-28(26,27)24-8-2-3-16(24)17(25)23-11-9-22(10-12-23)13-14-4-6-15(7-5-14)18(19,20)21/h4-7,16H,2-3,8-13H2,1H3. The van der Waals surface area contributed by atoms with Crippen LogP contribution in [0.15, 0.2) is 24.3 Å². The van der Waals surface area contributed by atoms with Crippen LogP contribution >= 0.6 is 0 Å². The maximum atomic E-state index is 12.7. The Hall–Kier alpha value is -1.65. The Morgan fingerprint density at radius 2 is 1.68 bits per heavy atom. The van der Waals surface area contributed by atoms with E-state index in [-0.39, 0.29) is 5.91 Å². The Morgan fingerprint density at radius 3 is 2.21 bits per heavy atom. The summed E-state index contributed by atoms with van der Waals surface area (Å²) in [5, 5.41) is 0. The van der Waals surface area contributed by atoms with Gasteiger partial charge in [-0.25, -0.2) is 8.42 Å². The Labute approximate surface area is 162 Å². The van der Waals surface area contributed by atoms with Crippen molar-refractivity contribution >= 4 is 15.9 Å². The largest absolute Gasteiger partial charge is 0.416 e. The number of carbonyl (C=O) groups is 1. The van der Waals surface area contributed by atoms with Crippen LogP contribution in [-0.2, 0) is 27.5 Å². The molecule has 156 valence electrons. The molecule has 0 bridgehead atoms. The summed E-state index contributed by atoms with van der Waals surface area (Å²) >= 11 is 0. The van der Waals surface area contributed by atoms with Gasteiger partial charge in [0.15, 0.2) is 0 Å². The van der Waals surface area contributed by atoms with Crippen LogP contribution < -0.4 is 0 Å². The van der Waals surface area contributed by atoms with Crippen LogP contribution in [0.25, 0.3) is 0 Å². The molecule has 0 spiro atoms. The van der Waals surface area contributed by atoms with Crippen LogP contribution in [0, 0.1) is 0 Å². The summed E-state index contributed by atoms with van der Waals surface area (Å²) in [5.74, 6) is -0.155. The Balaban J connectivity index is 1.54. The molecule has 3 rings (SSSR count). The second kappa shape index (κ2) is 8.00. The van der Waals surface area contributed by atoms with Gasteiger partial charge in [-0.3, -0.25) is 9.69 Å². The van der Waals surface area contributed by atoms with E-state index in [0.29, 0.717) is 52.1 Å². The molecule has 10 heteroatoms. The molecule has 0 saturated carbocycles. The molecule has 1 aromatic rings. The molecular weight excluding hydrogens is 395 g/mol. The first-order chi connectivity index (χ1) is 13.1. The highest BCUT2D eigenvalue weighted by molar-refractivity contribution is 7.88. The summed E-state index contributed by atoms with van der Waals surface area (Å²) in [6.45, 7) is 3.04. The fourth-order valence-electron chi connectivity index (χ4n) is 3.78. The Kier molecular flexibility index (Phi) is 6.02. The fraction of sp³-hybridized carbons (Fsp3) is 0.611. The van der Waals surface area contributed by atoms with Crippen LogP contribution in [-0.4, -0.2) is 73.5 Å². The van der Waals surface area contributed by atoms with E-state index in [1.165, 1.54) is 16.4 Å². The molecule has 0 N–H and O–H groups in total. The third-order valence-electron chi connectivity index (χ3n) is 5.29. The SMILES string of the molecule is CS(=O)(=O)N1CCCC1C(=O)N1CCN(Cc2ccc(C(F)(F)F)cc2)CC1. The molecule has 28 heavy (non-hydrogen) atoms. The van der Waals surface area contributed by atoms with Crippen molar-refractivity contribution in [3.63, 3.8) is 0 Å². The number of halogens is 3. The van der Waals surface area contributed by atoms with E-state index < -0.39 is 27.8 Å². The number of nitrogens with zero attached hydrogens (tertiary/aromatic N) is 3. The van der Waals surface area contributed by atoms with E-state index in [9.17, 15) is 26.4 Å². The third-order valence-corrected chi connectivity index (χ3v) is 6.58. The minimum atomic E-state index is -4.34. The minimum absolute atomic E-state index is 0.155. The number of alkyl halides is 3. The molecule has 2 aliphatic heterocycles. The molecule has 2 heterocycles. The second-order valence-electron chi connectivity index (χ2n) is 7.33. The molecule has 0 aliphatic carbocycles. The van der Waals surface area contributed by atoms with E-state index in [4.69, 9.17) is 0 Å². The van der Waals surface area contributed by atoms with E-state index in [1.54, 1.807) is 4.90 Å². The van der Waals surface area contributed by atoms with E-state index in [0.717, 1.165) is 24.0 Å². The van der Waals surface area contributed by atoms with Gasteiger partial charge in [0.2, 0.25) is 15.9 Å². The number of hydrogen-bond donors (Lipinski definition) is 0. The molecular formula is C18H24F3N3O3S. The van der Waals surface area contributed by atoms with Crippen molar-refractivity contribution in [2.75, 3.05) is 39.0 Å². The number of amides is 1. The van der Waals surface area contributed by atoms with Crippen LogP contribution in [0.5, 0.6) is 0 Å². The lowest BCUT2D eigenvalue weighted by atomic mass is 10.1. The zero-order chi connectivity index (χ0) is 20.5. The van der Waals surface area contributed by atoms with Crippen molar-refractivity contribution in [3.8, 4) is 0 Å². The highest BCUT2D eigenvalue weighted by Crippen LogP contribution is 2.29. The van der Waals surface area contributed by atoms with Gasteiger partial charge in [0.25, 0.3) is 0 Å². The van der Waals surface area contributed by atoms with Crippen molar-refractivity contribution in [3.05, 3.63) is 35.4 Å². The molecule has 6 nitrogen and oxygen atoms in total. The van der Waals surface area contributed by atoms with Crippen LogP contribution in [0.3, 0.4) is 0 Å². The molecule has 1 amide bonds. The molecule has 2 saturated heterocycles. The van der Waals surface area contributed by atoms with Crippen LogP contribution in [0.2, 0.25) is 0 Å². The summed E-state index contributed by atoms with van der Waals surface area (Å²) in [6, 6.07) is 4.49. The molecule has 1 aromatic carbocycles. The predicted molar refractivity (Wildman–Crippen MR) is 97.9 cm³/mol. The monoisotopic (exact) mass is 419 g/mol. The average Bonchev–Trinajstić information content (AvgIpc) is 3.12. The molecule has 2 fully saturated rings.